The SMILES string of the molecule is COCCN[C@@H]1CCCC[C@@H]1O. The molecule has 1 aliphatic carbocycles. The van der Waals surface area contributed by atoms with E-state index in [1.807, 2.05) is 0 Å². The average Bonchev–Trinajstić information content (AvgIpc) is 2.09. The van der Waals surface area contributed by atoms with Gasteiger partial charge in [-0.1, -0.05) is 12.8 Å². The van der Waals surface area contributed by atoms with Gasteiger partial charge >= 0.3 is 0 Å². The number of ether oxygens (including phenoxy) is 1. The fourth-order valence-electron chi connectivity index (χ4n) is 1.70. The Bertz CT molecular complexity index is 119. The molecule has 3 heteroatoms. The van der Waals surface area contributed by atoms with Gasteiger partial charge in [0.05, 0.1) is 12.7 Å². The Morgan fingerprint density at radius 3 is 2.83 bits per heavy atom. The lowest BCUT2D eigenvalue weighted by atomic mass is 9.93. The highest BCUT2D eigenvalue weighted by Gasteiger charge is 2.21. The number of rotatable bonds is 4. The summed E-state index contributed by atoms with van der Waals surface area (Å²) in [5.74, 6) is 0. The maximum atomic E-state index is 9.56. The van der Waals surface area contributed by atoms with Crippen LogP contribution in [0.15, 0.2) is 0 Å². The van der Waals surface area contributed by atoms with E-state index >= 15 is 0 Å². The van der Waals surface area contributed by atoms with E-state index in [2.05, 4.69) is 5.32 Å². The lowest BCUT2D eigenvalue weighted by Crippen LogP contribution is -2.43. The van der Waals surface area contributed by atoms with Crippen LogP contribution in [0.2, 0.25) is 0 Å². The Balaban J connectivity index is 2.11. The summed E-state index contributed by atoms with van der Waals surface area (Å²) in [5.41, 5.74) is 0. The molecule has 1 rings (SSSR count). The molecule has 0 spiro atoms. The number of aliphatic hydroxyl groups excluding tert-OH is 1. The van der Waals surface area contributed by atoms with Crippen LogP contribution in [-0.4, -0.2) is 37.5 Å². The zero-order valence-corrected chi connectivity index (χ0v) is 7.75. The van der Waals surface area contributed by atoms with Crippen LogP contribution in [0.25, 0.3) is 0 Å². The summed E-state index contributed by atoms with van der Waals surface area (Å²) < 4.78 is 4.92. The number of nitrogens with one attached hydrogen (secondary N) is 1. The first-order valence-electron chi connectivity index (χ1n) is 4.75. The van der Waals surface area contributed by atoms with Crippen molar-refractivity contribution in [1.29, 1.82) is 0 Å². The van der Waals surface area contributed by atoms with Crippen LogP contribution < -0.4 is 5.32 Å². The van der Waals surface area contributed by atoms with Crippen LogP contribution in [0.5, 0.6) is 0 Å². The smallest absolute Gasteiger partial charge is 0.0693 e. The highest BCUT2D eigenvalue weighted by molar-refractivity contribution is 4.79. The zero-order valence-electron chi connectivity index (χ0n) is 7.75. The molecule has 0 radical (unpaired) electrons. The van der Waals surface area contributed by atoms with Crippen molar-refractivity contribution < 1.29 is 9.84 Å². The van der Waals surface area contributed by atoms with Gasteiger partial charge in [-0.3, -0.25) is 0 Å². The molecule has 72 valence electrons. The van der Waals surface area contributed by atoms with Crippen molar-refractivity contribution in [3.05, 3.63) is 0 Å². The predicted octanol–water partition coefficient (Wildman–Crippen LogP) is 0.526. The van der Waals surface area contributed by atoms with E-state index in [-0.39, 0.29) is 6.10 Å². The van der Waals surface area contributed by atoms with Crippen molar-refractivity contribution >= 4 is 0 Å². The molecule has 0 unspecified atom stereocenters. The van der Waals surface area contributed by atoms with Crippen molar-refractivity contribution in [3.8, 4) is 0 Å². The third-order valence-electron chi connectivity index (χ3n) is 2.44. The van der Waals surface area contributed by atoms with Crippen molar-refractivity contribution in [2.24, 2.45) is 0 Å². The molecule has 1 aliphatic rings. The Morgan fingerprint density at radius 2 is 2.17 bits per heavy atom. The topological polar surface area (TPSA) is 41.5 Å². The van der Waals surface area contributed by atoms with E-state index in [9.17, 15) is 5.11 Å². The summed E-state index contributed by atoms with van der Waals surface area (Å²) in [4.78, 5) is 0. The molecular weight excluding hydrogens is 154 g/mol. The molecule has 0 heterocycles. The van der Waals surface area contributed by atoms with Gasteiger partial charge in [0.25, 0.3) is 0 Å². The summed E-state index contributed by atoms with van der Waals surface area (Å²) in [6.07, 6.45) is 4.32. The number of hydrogen-bond acceptors (Lipinski definition) is 3. The van der Waals surface area contributed by atoms with Crippen molar-refractivity contribution in [2.75, 3.05) is 20.3 Å². The van der Waals surface area contributed by atoms with Gasteiger partial charge in [0.15, 0.2) is 0 Å². The minimum atomic E-state index is -0.143. The molecule has 2 atom stereocenters. The maximum Gasteiger partial charge on any atom is 0.0693 e. The van der Waals surface area contributed by atoms with E-state index < -0.39 is 0 Å². The molecule has 3 nitrogen and oxygen atoms in total. The van der Waals surface area contributed by atoms with Crippen LogP contribution in [0.3, 0.4) is 0 Å². The minimum absolute atomic E-state index is 0.143. The molecule has 0 bridgehead atoms. The van der Waals surface area contributed by atoms with E-state index in [4.69, 9.17) is 4.74 Å². The van der Waals surface area contributed by atoms with Crippen LogP contribution in [-0.2, 0) is 4.74 Å². The average molecular weight is 173 g/mol. The molecule has 1 fully saturated rings. The monoisotopic (exact) mass is 173 g/mol. The molecule has 0 aromatic rings. The lowest BCUT2D eigenvalue weighted by Gasteiger charge is -2.28. The first-order valence-corrected chi connectivity index (χ1v) is 4.75. The fraction of sp³-hybridized carbons (Fsp3) is 1.00. The summed E-state index contributed by atoms with van der Waals surface area (Å²) in [7, 11) is 1.69. The highest BCUT2D eigenvalue weighted by Crippen LogP contribution is 2.17. The van der Waals surface area contributed by atoms with Gasteiger partial charge in [-0.2, -0.15) is 0 Å². The van der Waals surface area contributed by atoms with Crippen LogP contribution in [0, 0.1) is 0 Å². The predicted molar refractivity (Wildman–Crippen MR) is 48.1 cm³/mol. The highest BCUT2D eigenvalue weighted by atomic mass is 16.5. The molecule has 12 heavy (non-hydrogen) atoms. The zero-order chi connectivity index (χ0) is 8.81. The summed E-state index contributed by atoms with van der Waals surface area (Å²) in [5, 5.41) is 12.9. The molecule has 0 aliphatic heterocycles. The summed E-state index contributed by atoms with van der Waals surface area (Å²) >= 11 is 0. The van der Waals surface area contributed by atoms with E-state index in [0.717, 1.165) is 26.0 Å². The van der Waals surface area contributed by atoms with E-state index in [0.29, 0.717) is 6.04 Å². The minimum Gasteiger partial charge on any atom is -0.392 e. The Labute approximate surface area is 74.1 Å². The van der Waals surface area contributed by atoms with Gasteiger partial charge in [-0.05, 0) is 12.8 Å². The Morgan fingerprint density at radius 1 is 1.42 bits per heavy atom. The second-order valence-electron chi connectivity index (χ2n) is 3.41. The largest absolute Gasteiger partial charge is 0.392 e. The van der Waals surface area contributed by atoms with Crippen molar-refractivity contribution in [2.45, 2.75) is 37.8 Å². The first-order chi connectivity index (χ1) is 5.84. The quantitative estimate of drug-likeness (QED) is 0.609. The molecule has 0 aromatic heterocycles. The van der Waals surface area contributed by atoms with Gasteiger partial charge in [0.1, 0.15) is 0 Å². The van der Waals surface area contributed by atoms with Crippen molar-refractivity contribution in [1.82, 2.24) is 5.32 Å². The van der Waals surface area contributed by atoms with Gasteiger partial charge < -0.3 is 15.2 Å². The van der Waals surface area contributed by atoms with Gasteiger partial charge in [0.2, 0.25) is 0 Å². The molecule has 1 saturated carbocycles. The van der Waals surface area contributed by atoms with Crippen LogP contribution >= 0.6 is 0 Å². The Kier molecular flexibility index (Phi) is 4.58. The number of aliphatic hydroxyl groups is 1. The first kappa shape index (κ1) is 9.96. The molecule has 0 aromatic carbocycles. The molecule has 0 saturated heterocycles. The molecule has 0 amide bonds. The van der Waals surface area contributed by atoms with Crippen molar-refractivity contribution in [3.63, 3.8) is 0 Å². The lowest BCUT2D eigenvalue weighted by molar-refractivity contribution is 0.0857. The Hall–Kier alpha value is -0.120. The molecule has 2 N–H and O–H groups in total. The third kappa shape index (κ3) is 3.09. The van der Waals surface area contributed by atoms with E-state index in [1.54, 1.807) is 7.11 Å². The number of hydrogen-bond donors (Lipinski definition) is 2. The van der Waals surface area contributed by atoms with E-state index in [1.165, 1.54) is 12.8 Å². The standard InChI is InChI=1S/C9H19NO2/c1-12-7-6-10-8-4-2-3-5-9(8)11/h8-11H,2-7H2,1H3/t8-,9+/m1/s1. The fourth-order valence-corrected chi connectivity index (χ4v) is 1.70. The van der Waals surface area contributed by atoms with Gasteiger partial charge in [-0.25, -0.2) is 0 Å². The molecular formula is C9H19NO2. The normalized spacial score (nSPS) is 30.5. The van der Waals surface area contributed by atoms with Crippen LogP contribution in [0.1, 0.15) is 25.7 Å². The second kappa shape index (κ2) is 5.51. The second-order valence-corrected chi connectivity index (χ2v) is 3.41. The maximum absolute atomic E-state index is 9.56. The number of methoxy groups -OCH3 is 1. The van der Waals surface area contributed by atoms with Crippen LogP contribution in [0.4, 0.5) is 0 Å². The van der Waals surface area contributed by atoms with Gasteiger partial charge in [0, 0.05) is 19.7 Å². The summed E-state index contributed by atoms with van der Waals surface area (Å²) in [6.45, 7) is 1.57. The van der Waals surface area contributed by atoms with Gasteiger partial charge in [-0.15, -0.1) is 0 Å². The third-order valence-corrected chi connectivity index (χ3v) is 2.44. The summed E-state index contributed by atoms with van der Waals surface area (Å²) in [6, 6.07) is 0.300.